The summed E-state index contributed by atoms with van der Waals surface area (Å²) >= 11 is 0. The average Bonchev–Trinajstić information content (AvgIpc) is 3.32. The molecule has 0 aromatic heterocycles. The molecule has 20 heavy (non-hydrogen) atoms. The van der Waals surface area contributed by atoms with Crippen LogP contribution in [0, 0.1) is 5.82 Å². The third kappa shape index (κ3) is 3.32. The zero-order chi connectivity index (χ0) is 13.9. The normalized spacial score (nSPS) is 18.3. The van der Waals surface area contributed by atoms with Gasteiger partial charge in [-0.25, -0.2) is 4.39 Å². The molecule has 2 fully saturated rings. The van der Waals surface area contributed by atoms with E-state index in [1.807, 2.05) is 6.07 Å². The number of halogens is 1. The van der Waals surface area contributed by atoms with Gasteiger partial charge in [0.15, 0.2) is 0 Å². The third-order valence-electron chi connectivity index (χ3n) is 4.26. The van der Waals surface area contributed by atoms with E-state index in [0.29, 0.717) is 12.1 Å². The summed E-state index contributed by atoms with van der Waals surface area (Å²) in [6, 6.07) is 6.76. The SMILES string of the molecule is CCCCN(c1c(F)cccc1CNC1CC1)C1CC1. The van der Waals surface area contributed by atoms with Crippen molar-refractivity contribution in [3.05, 3.63) is 29.6 Å². The predicted molar refractivity (Wildman–Crippen MR) is 81.5 cm³/mol. The molecule has 110 valence electrons. The van der Waals surface area contributed by atoms with Crippen LogP contribution in [0.5, 0.6) is 0 Å². The molecule has 1 aromatic rings. The standard InChI is InChI=1S/C17H25FN2/c1-2-3-11-20(15-9-10-15)17-13(5-4-6-16(17)18)12-19-14-7-8-14/h4-6,14-15,19H,2-3,7-12H2,1H3. The second kappa shape index (κ2) is 6.13. The summed E-state index contributed by atoms with van der Waals surface area (Å²) in [5.74, 6) is -0.0527. The van der Waals surface area contributed by atoms with E-state index in [4.69, 9.17) is 0 Å². The highest BCUT2D eigenvalue weighted by atomic mass is 19.1. The van der Waals surface area contributed by atoms with Crippen LogP contribution in [0.25, 0.3) is 0 Å². The zero-order valence-corrected chi connectivity index (χ0v) is 12.4. The molecule has 2 nitrogen and oxygen atoms in total. The lowest BCUT2D eigenvalue weighted by atomic mass is 10.1. The van der Waals surface area contributed by atoms with Crippen molar-refractivity contribution >= 4 is 5.69 Å². The largest absolute Gasteiger partial charge is 0.366 e. The van der Waals surface area contributed by atoms with E-state index >= 15 is 0 Å². The molecule has 2 aliphatic rings. The lowest BCUT2D eigenvalue weighted by molar-refractivity contribution is 0.600. The molecule has 0 atom stereocenters. The van der Waals surface area contributed by atoms with Gasteiger partial charge >= 0.3 is 0 Å². The number of para-hydroxylation sites is 1. The van der Waals surface area contributed by atoms with E-state index in [1.54, 1.807) is 6.07 Å². The number of benzene rings is 1. The fourth-order valence-corrected chi connectivity index (χ4v) is 2.76. The van der Waals surface area contributed by atoms with Crippen LogP contribution in [0.2, 0.25) is 0 Å². The third-order valence-corrected chi connectivity index (χ3v) is 4.26. The van der Waals surface area contributed by atoms with Gasteiger partial charge in [-0.3, -0.25) is 0 Å². The molecule has 3 heteroatoms. The van der Waals surface area contributed by atoms with Crippen LogP contribution in [-0.2, 0) is 6.54 Å². The Balaban J connectivity index is 1.79. The summed E-state index contributed by atoms with van der Waals surface area (Å²) in [6.07, 6.45) is 7.27. The van der Waals surface area contributed by atoms with Gasteiger partial charge < -0.3 is 10.2 Å². The molecule has 2 aliphatic carbocycles. The summed E-state index contributed by atoms with van der Waals surface area (Å²) in [6.45, 7) is 3.98. The molecule has 0 saturated heterocycles. The maximum atomic E-state index is 14.4. The topological polar surface area (TPSA) is 15.3 Å². The van der Waals surface area contributed by atoms with Gasteiger partial charge in [0, 0.05) is 25.2 Å². The first-order valence-electron chi connectivity index (χ1n) is 8.07. The van der Waals surface area contributed by atoms with Crippen LogP contribution < -0.4 is 10.2 Å². The number of hydrogen-bond acceptors (Lipinski definition) is 2. The van der Waals surface area contributed by atoms with Crippen molar-refractivity contribution in [1.82, 2.24) is 5.32 Å². The molecule has 1 N–H and O–H groups in total. The molecule has 0 unspecified atom stereocenters. The first kappa shape index (κ1) is 13.9. The van der Waals surface area contributed by atoms with Crippen LogP contribution in [0.1, 0.15) is 51.0 Å². The van der Waals surface area contributed by atoms with E-state index in [-0.39, 0.29) is 5.82 Å². The average molecular weight is 276 g/mol. The van der Waals surface area contributed by atoms with Crippen LogP contribution >= 0.6 is 0 Å². The smallest absolute Gasteiger partial charge is 0.146 e. The highest BCUT2D eigenvalue weighted by molar-refractivity contribution is 5.56. The minimum Gasteiger partial charge on any atom is -0.366 e. The minimum absolute atomic E-state index is 0.0527. The number of nitrogens with one attached hydrogen (secondary N) is 1. The Labute approximate surface area is 121 Å². The Morgan fingerprint density at radius 3 is 2.70 bits per heavy atom. The van der Waals surface area contributed by atoms with Gasteiger partial charge in [-0.15, -0.1) is 0 Å². The second-order valence-electron chi connectivity index (χ2n) is 6.18. The van der Waals surface area contributed by atoms with Crippen LogP contribution in [0.4, 0.5) is 10.1 Å². The van der Waals surface area contributed by atoms with Crippen molar-refractivity contribution in [3.63, 3.8) is 0 Å². The maximum Gasteiger partial charge on any atom is 0.146 e. The monoisotopic (exact) mass is 276 g/mol. The number of anilines is 1. The summed E-state index contributed by atoms with van der Waals surface area (Å²) in [5, 5.41) is 3.52. The van der Waals surface area contributed by atoms with Crippen LogP contribution in [0.15, 0.2) is 18.2 Å². The van der Waals surface area contributed by atoms with Crippen LogP contribution in [-0.4, -0.2) is 18.6 Å². The fourth-order valence-electron chi connectivity index (χ4n) is 2.76. The molecule has 0 amide bonds. The molecule has 2 saturated carbocycles. The molecule has 1 aromatic carbocycles. The van der Waals surface area contributed by atoms with Crippen molar-refractivity contribution in [1.29, 1.82) is 0 Å². The summed E-state index contributed by atoms with van der Waals surface area (Å²) in [4.78, 5) is 2.32. The van der Waals surface area contributed by atoms with Gasteiger partial charge in [0.05, 0.1) is 5.69 Å². The lowest BCUT2D eigenvalue weighted by Gasteiger charge is -2.27. The molecular formula is C17H25FN2. The van der Waals surface area contributed by atoms with Gasteiger partial charge in [0.25, 0.3) is 0 Å². The highest BCUT2D eigenvalue weighted by Crippen LogP contribution is 2.36. The van der Waals surface area contributed by atoms with Crippen molar-refractivity contribution in [2.45, 2.75) is 64.1 Å². The van der Waals surface area contributed by atoms with E-state index in [0.717, 1.165) is 37.2 Å². The Morgan fingerprint density at radius 1 is 1.25 bits per heavy atom. The van der Waals surface area contributed by atoms with Gasteiger partial charge in [-0.2, -0.15) is 0 Å². The summed E-state index contributed by atoms with van der Waals surface area (Å²) in [7, 11) is 0. The molecule has 0 radical (unpaired) electrons. The highest BCUT2D eigenvalue weighted by Gasteiger charge is 2.31. The number of unbranched alkanes of at least 4 members (excludes halogenated alkanes) is 1. The van der Waals surface area contributed by atoms with E-state index < -0.39 is 0 Å². The molecule has 0 aliphatic heterocycles. The first-order valence-corrected chi connectivity index (χ1v) is 8.07. The molecule has 0 spiro atoms. The molecular weight excluding hydrogens is 251 g/mol. The Bertz CT molecular complexity index is 452. The Hall–Kier alpha value is -1.09. The minimum atomic E-state index is -0.0527. The Kier molecular flexibility index (Phi) is 4.25. The molecule has 3 rings (SSSR count). The number of hydrogen-bond donors (Lipinski definition) is 1. The zero-order valence-electron chi connectivity index (χ0n) is 12.4. The molecule has 0 bridgehead atoms. The number of rotatable bonds is 8. The molecule has 0 heterocycles. The fraction of sp³-hybridized carbons (Fsp3) is 0.647. The van der Waals surface area contributed by atoms with Gasteiger partial charge in [0.2, 0.25) is 0 Å². The number of nitrogens with zero attached hydrogens (tertiary/aromatic N) is 1. The maximum absolute atomic E-state index is 14.4. The van der Waals surface area contributed by atoms with Crippen molar-refractivity contribution in [2.24, 2.45) is 0 Å². The van der Waals surface area contributed by atoms with E-state index in [2.05, 4.69) is 23.2 Å². The predicted octanol–water partition coefficient (Wildman–Crippen LogP) is 3.85. The Morgan fingerprint density at radius 2 is 2.05 bits per heavy atom. The second-order valence-corrected chi connectivity index (χ2v) is 6.18. The van der Waals surface area contributed by atoms with Crippen molar-refractivity contribution in [2.75, 3.05) is 11.4 Å². The summed E-state index contributed by atoms with van der Waals surface area (Å²) in [5.41, 5.74) is 1.98. The van der Waals surface area contributed by atoms with Crippen molar-refractivity contribution < 1.29 is 4.39 Å². The van der Waals surface area contributed by atoms with Gasteiger partial charge in [0.1, 0.15) is 5.82 Å². The lowest BCUT2D eigenvalue weighted by Crippen LogP contribution is -2.30. The van der Waals surface area contributed by atoms with Gasteiger partial charge in [-0.1, -0.05) is 25.5 Å². The van der Waals surface area contributed by atoms with E-state index in [1.165, 1.54) is 25.7 Å². The summed E-state index contributed by atoms with van der Waals surface area (Å²) < 4.78 is 14.4. The van der Waals surface area contributed by atoms with Crippen LogP contribution in [0.3, 0.4) is 0 Å². The quantitative estimate of drug-likeness (QED) is 0.776. The van der Waals surface area contributed by atoms with Gasteiger partial charge in [-0.05, 0) is 43.7 Å². The van der Waals surface area contributed by atoms with E-state index in [9.17, 15) is 4.39 Å². The first-order chi connectivity index (χ1) is 9.79. The van der Waals surface area contributed by atoms with Crippen molar-refractivity contribution in [3.8, 4) is 0 Å².